The molecule has 6 heteroatoms. The van der Waals surface area contributed by atoms with E-state index in [1.807, 2.05) is 12.1 Å². The Balaban J connectivity index is 2.46. The number of aromatic nitrogens is 2. The van der Waals surface area contributed by atoms with Crippen LogP contribution < -0.4 is 4.74 Å². The lowest BCUT2D eigenvalue weighted by Gasteiger charge is -2.12. The molecule has 0 saturated carbocycles. The predicted molar refractivity (Wildman–Crippen MR) is 87.6 cm³/mol. The summed E-state index contributed by atoms with van der Waals surface area (Å²) in [5, 5.41) is 10.7. The number of hydrogen-bond acceptors (Lipinski definition) is 6. The molecule has 0 aliphatic rings. The van der Waals surface area contributed by atoms with E-state index in [4.69, 9.17) is 9.47 Å². The maximum atomic E-state index is 12.1. The van der Waals surface area contributed by atoms with Crippen LogP contribution in [0.1, 0.15) is 16.2 Å². The van der Waals surface area contributed by atoms with Crippen LogP contribution in [-0.2, 0) is 4.74 Å². The Morgan fingerprint density at radius 2 is 2.00 bits per heavy atom. The Morgan fingerprint density at radius 3 is 2.62 bits per heavy atom. The number of esters is 1. The maximum absolute atomic E-state index is 12.1. The van der Waals surface area contributed by atoms with Crippen molar-refractivity contribution in [2.75, 3.05) is 14.2 Å². The summed E-state index contributed by atoms with van der Waals surface area (Å²) in [6.07, 6.45) is 1.64. The number of benzene rings is 1. The van der Waals surface area contributed by atoms with Crippen molar-refractivity contribution < 1.29 is 14.3 Å². The third-order valence-electron chi connectivity index (χ3n) is 3.62. The van der Waals surface area contributed by atoms with Gasteiger partial charge in [0.1, 0.15) is 11.8 Å². The van der Waals surface area contributed by atoms with E-state index in [1.54, 1.807) is 43.6 Å². The molecular formula is C18H13N3O3. The van der Waals surface area contributed by atoms with Gasteiger partial charge in [0.05, 0.1) is 19.9 Å². The zero-order valence-corrected chi connectivity index (χ0v) is 13.1. The molecule has 3 aromatic rings. The van der Waals surface area contributed by atoms with Crippen molar-refractivity contribution in [2.45, 2.75) is 0 Å². The van der Waals surface area contributed by atoms with Gasteiger partial charge in [-0.1, -0.05) is 6.07 Å². The fourth-order valence-electron chi connectivity index (χ4n) is 2.52. The molecule has 0 aliphatic carbocycles. The summed E-state index contributed by atoms with van der Waals surface area (Å²) in [7, 11) is 2.83. The monoisotopic (exact) mass is 319 g/mol. The van der Waals surface area contributed by atoms with Gasteiger partial charge < -0.3 is 9.47 Å². The third-order valence-corrected chi connectivity index (χ3v) is 3.62. The summed E-state index contributed by atoms with van der Waals surface area (Å²) in [6.45, 7) is 0. The highest BCUT2D eigenvalue weighted by Gasteiger charge is 2.21. The van der Waals surface area contributed by atoms with Crippen molar-refractivity contribution in [3.63, 3.8) is 0 Å². The molecule has 0 fully saturated rings. The summed E-state index contributed by atoms with van der Waals surface area (Å²) < 4.78 is 10.1. The molecule has 0 spiro atoms. The first-order chi connectivity index (χ1) is 11.7. The number of nitrogens with zero attached hydrogens (tertiary/aromatic N) is 3. The minimum Gasteiger partial charge on any atom is -0.497 e. The van der Waals surface area contributed by atoms with Gasteiger partial charge in [-0.05, 0) is 30.3 Å². The van der Waals surface area contributed by atoms with E-state index in [2.05, 4.69) is 9.97 Å². The normalized spacial score (nSPS) is 10.2. The van der Waals surface area contributed by atoms with Crippen LogP contribution in [0.25, 0.3) is 22.0 Å². The van der Waals surface area contributed by atoms with Crippen LogP contribution in [0.15, 0.2) is 42.6 Å². The third kappa shape index (κ3) is 2.52. The second kappa shape index (κ2) is 6.34. The van der Waals surface area contributed by atoms with Gasteiger partial charge in [-0.25, -0.2) is 9.78 Å². The number of hydrogen-bond donors (Lipinski definition) is 0. The average molecular weight is 319 g/mol. The second-order valence-electron chi connectivity index (χ2n) is 4.91. The van der Waals surface area contributed by atoms with Crippen molar-refractivity contribution in [3.05, 3.63) is 54.0 Å². The summed E-state index contributed by atoms with van der Waals surface area (Å²) in [4.78, 5) is 20.6. The zero-order valence-electron chi connectivity index (χ0n) is 13.1. The van der Waals surface area contributed by atoms with Crippen molar-refractivity contribution in [1.82, 2.24) is 9.97 Å². The number of rotatable bonds is 3. The van der Waals surface area contributed by atoms with E-state index in [0.717, 1.165) is 0 Å². The molecule has 6 nitrogen and oxygen atoms in total. The van der Waals surface area contributed by atoms with Gasteiger partial charge in [0.2, 0.25) is 0 Å². The lowest BCUT2D eigenvalue weighted by atomic mass is 9.98. The molecule has 2 aromatic heterocycles. The minimum atomic E-state index is -0.603. The Kier molecular flexibility index (Phi) is 4.08. The summed E-state index contributed by atoms with van der Waals surface area (Å²) in [5.74, 6) is -0.000163. The first-order valence-electron chi connectivity index (χ1n) is 7.11. The van der Waals surface area contributed by atoms with Crippen molar-refractivity contribution in [1.29, 1.82) is 5.26 Å². The first kappa shape index (κ1) is 15.4. The zero-order chi connectivity index (χ0) is 17.1. The fraction of sp³-hybridized carbons (Fsp3) is 0.111. The Bertz CT molecular complexity index is 963. The van der Waals surface area contributed by atoms with Crippen LogP contribution in [0.2, 0.25) is 0 Å². The van der Waals surface area contributed by atoms with Gasteiger partial charge in [0.25, 0.3) is 0 Å². The molecule has 0 amide bonds. The molecule has 0 N–H and O–H groups in total. The predicted octanol–water partition coefficient (Wildman–Crippen LogP) is 2.96. The Hall–Kier alpha value is -3.46. The standard InChI is InChI=1S/C18H13N3O3/c1-23-11-6-7-12-13(9-11)16(14-5-3-4-8-20-14)15(10-19)21-17(12)18(22)24-2/h3-9H,1-2H3. The highest BCUT2D eigenvalue weighted by atomic mass is 16.5. The molecular weight excluding hydrogens is 306 g/mol. The lowest BCUT2D eigenvalue weighted by Crippen LogP contribution is -2.08. The molecule has 2 heterocycles. The van der Waals surface area contributed by atoms with Crippen molar-refractivity contribution in [2.24, 2.45) is 0 Å². The van der Waals surface area contributed by atoms with Crippen LogP contribution in [0.3, 0.4) is 0 Å². The van der Waals surface area contributed by atoms with Crippen molar-refractivity contribution in [3.8, 4) is 23.1 Å². The number of pyridine rings is 2. The molecule has 24 heavy (non-hydrogen) atoms. The number of carbonyl (C=O) groups excluding carboxylic acids is 1. The molecule has 0 saturated heterocycles. The highest BCUT2D eigenvalue weighted by Crippen LogP contribution is 2.34. The van der Waals surface area contributed by atoms with Gasteiger partial charge >= 0.3 is 5.97 Å². The largest absolute Gasteiger partial charge is 0.497 e. The fourth-order valence-corrected chi connectivity index (χ4v) is 2.52. The molecule has 0 atom stereocenters. The molecule has 118 valence electrons. The van der Waals surface area contributed by atoms with Crippen LogP contribution in [0.4, 0.5) is 0 Å². The number of carbonyl (C=O) groups is 1. The minimum absolute atomic E-state index is 0.0892. The Labute approximate surface area is 138 Å². The molecule has 0 radical (unpaired) electrons. The van der Waals surface area contributed by atoms with E-state index in [0.29, 0.717) is 27.8 Å². The summed E-state index contributed by atoms with van der Waals surface area (Å²) in [6, 6.07) is 12.6. The molecule has 0 aliphatic heterocycles. The first-order valence-corrected chi connectivity index (χ1v) is 7.11. The number of nitriles is 1. The molecule has 3 rings (SSSR count). The quantitative estimate of drug-likeness (QED) is 0.690. The molecule has 0 unspecified atom stereocenters. The SMILES string of the molecule is COC(=O)c1nc(C#N)c(-c2ccccn2)c2cc(OC)ccc12. The van der Waals surface area contributed by atoms with E-state index in [-0.39, 0.29) is 11.4 Å². The van der Waals surface area contributed by atoms with E-state index >= 15 is 0 Å². The number of ether oxygens (including phenoxy) is 2. The van der Waals surface area contributed by atoms with Crippen LogP contribution in [0.5, 0.6) is 5.75 Å². The molecule has 1 aromatic carbocycles. The van der Waals surface area contributed by atoms with Crippen molar-refractivity contribution >= 4 is 16.7 Å². The van der Waals surface area contributed by atoms with Gasteiger partial charge in [0.15, 0.2) is 11.4 Å². The summed E-state index contributed by atoms with van der Waals surface area (Å²) in [5.41, 5.74) is 1.34. The molecule has 0 bridgehead atoms. The highest BCUT2D eigenvalue weighted by molar-refractivity contribution is 6.08. The van der Waals surface area contributed by atoms with Gasteiger partial charge in [0, 0.05) is 22.5 Å². The lowest BCUT2D eigenvalue weighted by molar-refractivity contribution is 0.0596. The second-order valence-corrected chi connectivity index (χ2v) is 4.91. The van der Waals surface area contributed by atoms with E-state index in [9.17, 15) is 10.1 Å². The van der Waals surface area contributed by atoms with Gasteiger partial charge in [-0.2, -0.15) is 5.26 Å². The average Bonchev–Trinajstić information content (AvgIpc) is 2.66. The maximum Gasteiger partial charge on any atom is 0.357 e. The van der Waals surface area contributed by atoms with Crippen LogP contribution in [0, 0.1) is 11.3 Å². The van der Waals surface area contributed by atoms with E-state index in [1.165, 1.54) is 7.11 Å². The smallest absolute Gasteiger partial charge is 0.357 e. The van der Waals surface area contributed by atoms with Gasteiger partial charge in [-0.15, -0.1) is 0 Å². The number of fused-ring (bicyclic) bond motifs is 1. The summed E-state index contributed by atoms with van der Waals surface area (Å²) >= 11 is 0. The van der Waals surface area contributed by atoms with Gasteiger partial charge in [-0.3, -0.25) is 4.98 Å². The number of methoxy groups -OCH3 is 2. The Morgan fingerprint density at radius 1 is 1.17 bits per heavy atom. The topological polar surface area (TPSA) is 85.1 Å². The van der Waals surface area contributed by atoms with Crippen LogP contribution >= 0.6 is 0 Å². The van der Waals surface area contributed by atoms with Crippen LogP contribution in [-0.4, -0.2) is 30.2 Å². The van der Waals surface area contributed by atoms with E-state index < -0.39 is 5.97 Å².